The number of carboxylic acid groups (broad SMARTS) is 1. The maximum atomic E-state index is 13.0. The number of rotatable bonds is 3. The fourth-order valence-corrected chi connectivity index (χ4v) is 4.44. The molecule has 0 atom stereocenters. The van der Waals surface area contributed by atoms with Gasteiger partial charge in [-0.25, -0.2) is 4.98 Å². The van der Waals surface area contributed by atoms with Crippen molar-refractivity contribution in [2.75, 3.05) is 31.1 Å². The molecular formula is C24H27N5O3. The van der Waals surface area contributed by atoms with E-state index in [0.717, 1.165) is 74.5 Å². The van der Waals surface area contributed by atoms with Gasteiger partial charge in [0.15, 0.2) is 0 Å². The highest BCUT2D eigenvalue weighted by Gasteiger charge is 2.27. The molecule has 3 aromatic rings. The van der Waals surface area contributed by atoms with Crippen LogP contribution in [0.25, 0.3) is 11.3 Å². The molecule has 0 spiro atoms. The molecule has 4 heterocycles. The van der Waals surface area contributed by atoms with Crippen molar-refractivity contribution >= 4 is 18.2 Å². The van der Waals surface area contributed by atoms with Gasteiger partial charge in [-0.2, -0.15) is 5.10 Å². The van der Waals surface area contributed by atoms with E-state index < -0.39 is 0 Å². The van der Waals surface area contributed by atoms with Crippen molar-refractivity contribution in [3.05, 3.63) is 65.5 Å². The molecule has 8 heteroatoms. The molecule has 32 heavy (non-hydrogen) atoms. The number of pyridine rings is 1. The number of carbonyl (C=O) groups is 2. The molecule has 2 aromatic heterocycles. The lowest BCUT2D eigenvalue weighted by Gasteiger charge is -2.25. The first-order chi connectivity index (χ1) is 15.7. The number of anilines is 1. The minimum absolute atomic E-state index is 0.111. The molecule has 1 aromatic carbocycles. The van der Waals surface area contributed by atoms with Gasteiger partial charge in [0.25, 0.3) is 12.4 Å². The third-order valence-corrected chi connectivity index (χ3v) is 5.97. The number of amides is 1. The zero-order chi connectivity index (χ0) is 22.3. The third kappa shape index (κ3) is 4.49. The van der Waals surface area contributed by atoms with Gasteiger partial charge in [0, 0.05) is 55.6 Å². The zero-order valence-corrected chi connectivity index (χ0v) is 17.9. The first kappa shape index (κ1) is 21.5. The number of carbonyl (C=O) groups excluding carboxylic acids is 1. The van der Waals surface area contributed by atoms with Crippen LogP contribution in [0.15, 0.2) is 48.7 Å². The monoisotopic (exact) mass is 433 g/mol. The lowest BCUT2D eigenvalue weighted by molar-refractivity contribution is -0.122. The predicted octanol–water partition coefficient (Wildman–Crippen LogP) is 3.01. The van der Waals surface area contributed by atoms with Crippen molar-refractivity contribution in [1.29, 1.82) is 0 Å². The Labute approximate surface area is 186 Å². The predicted molar refractivity (Wildman–Crippen MR) is 122 cm³/mol. The van der Waals surface area contributed by atoms with E-state index in [-0.39, 0.29) is 12.4 Å². The van der Waals surface area contributed by atoms with Gasteiger partial charge in [-0.3, -0.25) is 14.7 Å². The second-order valence-corrected chi connectivity index (χ2v) is 7.86. The Balaban J connectivity index is 0.000000775. The van der Waals surface area contributed by atoms with E-state index in [9.17, 15) is 4.79 Å². The summed E-state index contributed by atoms with van der Waals surface area (Å²) >= 11 is 0. The SMILES string of the molecule is O=C(c1cccnc1N1CCc2[nH]nc(-c3ccccc3)c2CC1)N1CCCC1.O=CO. The second-order valence-electron chi connectivity index (χ2n) is 7.86. The summed E-state index contributed by atoms with van der Waals surface area (Å²) in [6.45, 7) is 3.10. The molecular weight excluding hydrogens is 406 g/mol. The van der Waals surface area contributed by atoms with Crippen molar-refractivity contribution in [1.82, 2.24) is 20.1 Å². The average Bonchev–Trinajstić information content (AvgIpc) is 3.46. The Bertz CT molecular complexity index is 1060. The normalized spacial score (nSPS) is 15.4. The minimum Gasteiger partial charge on any atom is -0.483 e. The molecule has 2 aliphatic rings. The number of hydrogen-bond acceptors (Lipinski definition) is 5. The molecule has 0 aliphatic carbocycles. The highest BCUT2D eigenvalue weighted by molar-refractivity contribution is 5.99. The Morgan fingerprint density at radius 3 is 2.47 bits per heavy atom. The summed E-state index contributed by atoms with van der Waals surface area (Å²) in [5.41, 5.74) is 5.37. The number of nitrogens with zero attached hydrogens (tertiary/aromatic N) is 4. The first-order valence-corrected chi connectivity index (χ1v) is 10.9. The van der Waals surface area contributed by atoms with Crippen LogP contribution >= 0.6 is 0 Å². The Morgan fingerprint density at radius 2 is 1.72 bits per heavy atom. The fraction of sp³-hybridized carbons (Fsp3) is 0.333. The van der Waals surface area contributed by atoms with E-state index in [1.54, 1.807) is 6.20 Å². The summed E-state index contributed by atoms with van der Waals surface area (Å²) in [5.74, 6) is 0.920. The van der Waals surface area contributed by atoms with Crippen molar-refractivity contribution in [3.8, 4) is 11.3 Å². The van der Waals surface area contributed by atoms with E-state index in [2.05, 4.69) is 32.2 Å². The van der Waals surface area contributed by atoms with Crippen molar-refractivity contribution in [2.24, 2.45) is 0 Å². The van der Waals surface area contributed by atoms with E-state index >= 15 is 0 Å². The number of aromatic amines is 1. The van der Waals surface area contributed by atoms with Gasteiger partial charge in [0.2, 0.25) is 0 Å². The maximum Gasteiger partial charge on any atom is 0.290 e. The largest absolute Gasteiger partial charge is 0.483 e. The van der Waals surface area contributed by atoms with Gasteiger partial charge in [0.05, 0.1) is 11.3 Å². The molecule has 5 rings (SSSR count). The van der Waals surface area contributed by atoms with E-state index in [4.69, 9.17) is 9.90 Å². The van der Waals surface area contributed by atoms with Gasteiger partial charge in [-0.15, -0.1) is 0 Å². The second kappa shape index (κ2) is 10.1. The molecule has 8 nitrogen and oxygen atoms in total. The summed E-state index contributed by atoms with van der Waals surface area (Å²) in [6, 6.07) is 14.1. The number of hydrogen-bond donors (Lipinski definition) is 2. The van der Waals surface area contributed by atoms with Crippen LogP contribution in [0.4, 0.5) is 5.82 Å². The summed E-state index contributed by atoms with van der Waals surface area (Å²) in [4.78, 5) is 30.2. The van der Waals surface area contributed by atoms with Gasteiger partial charge < -0.3 is 14.9 Å². The van der Waals surface area contributed by atoms with E-state index in [0.29, 0.717) is 0 Å². The summed E-state index contributed by atoms with van der Waals surface area (Å²) in [5, 5.41) is 14.7. The van der Waals surface area contributed by atoms with Crippen LogP contribution in [0.5, 0.6) is 0 Å². The number of aromatic nitrogens is 3. The fourth-order valence-electron chi connectivity index (χ4n) is 4.44. The third-order valence-electron chi connectivity index (χ3n) is 5.97. The maximum absolute atomic E-state index is 13.0. The van der Waals surface area contributed by atoms with Crippen LogP contribution < -0.4 is 4.90 Å². The van der Waals surface area contributed by atoms with Crippen LogP contribution in [0.3, 0.4) is 0 Å². The highest BCUT2D eigenvalue weighted by Crippen LogP contribution is 2.29. The molecule has 0 saturated carbocycles. The molecule has 2 aliphatic heterocycles. The molecule has 0 bridgehead atoms. The Hall–Kier alpha value is -3.68. The van der Waals surface area contributed by atoms with Gasteiger partial charge in [0.1, 0.15) is 5.82 Å². The van der Waals surface area contributed by atoms with Crippen LogP contribution in [-0.2, 0) is 17.6 Å². The van der Waals surface area contributed by atoms with Gasteiger partial charge in [-0.1, -0.05) is 30.3 Å². The van der Waals surface area contributed by atoms with Crippen LogP contribution in [0, 0.1) is 0 Å². The van der Waals surface area contributed by atoms with Crippen LogP contribution in [-0.4, -0.2) is 63.7 Å². The Kier molecular flexibility index (Phi) is 6.79. The molecule has 1 fully saturated rings. The molecule has 166 valence electrons. The minimum atomic E-state index is -0.250. The van der Waals surface area contributed by atoms with E-state index in [1.165, 1.54) is 11.3 Å². The van der Waals surface area contributed by atoms with Crippen molar-refractivity contribution < 1.29 is 14.7 Å². The quantitative estimate of drug-likeness (QED) is 0.616. The number of benzene rings is 1. The van der Waals surface area contributed by atoms with Crippen LogP contribution in [0.1, 0.15) is 34.5 Å². The smallest absolute Gasteiger partial charge is 0.290 e. The summed E-state index contributed by atoms with van der Waals surface area (Å²) < 4.78 is 0. The number of likely N-dealkylation sites (tertiary alicyclic amines) is 1. The molecule has 1 saturated heterocycles. The van der Waals surface area contributed by atoms with Gasteiger partial charge in [-0.05, 0) is 31.4 Å². The van der Waals surface area contributed by atoms with Crippen molar-refractivity contribution in [2.45, 2.75) is 25.7 Å². The topological polar surface area (TPSA) is 102 Å². The molecule has 1 amide bonds. The van der Waals surface area contributed by atoms with Crippen molar-refractivity contribution in [3.63, 3.8) is 0 Å². The number of fused-ring (bicyclic) bond motifs is 1. The summed E-state index contributed by atoms with van der Waals surface area (Å²) in [7, 11) is 0. The van der Waals surface area contributed by atoms with E-state index in [1.807, 2.05) is 35.2 Å². The van der Waals surface area contributed by atoms with Gasteiger partial charge >= 0.3 is 0 Å². The van der Waals surface area contributed by atoms with Crippen LogP contribution in [0.2, 0.25) is 0 Å². The summed E-state index contributed by atoms with van der Waals surface area (Å²) in [6.07, 6.45) is 5.72. The standard InChI is InChI=1S/C23H25N5O.CH2O2/c29-23(28-13-4-5-14-28)19-9-6-12-24-22(19)27-15-10-18-20(11-16-27)25-26-21(18)17-7-2-1-3-8-17;2-1-3/h1-3,6-9,12H,4-5,10-11,13-16H2,(H,25,26);1H,(H,2,3). The lowest BCUT2D eigenvalue weighted by atomic mass is 10.0. The Morgan fingerprint density at radius 1 is 1.00 bits per heavy atom. The lowest BCUT2D eigenvalue weighted by Crippen LogP contribution is -2.33. The molecule has 0 unspecified atom stereocenters. The zero-order valence-electron chi connectivity index (χ0n) is 17.9. The number of H-pyrrole nitrogens is 1. The average molecular weight is 434 g/mol. The molecule has 2 N–H and O–H groups in total. The first-order valence-electron chi connectivity index (χ1n) is 10.9. The molecule has 0 radical (unpaired) electrons. The number of nitrogens with one attached hydrogen (secondary N) is 1. The highest BCUT2D eigenvalue weighted by atomic mass is 16.3.